The van der Waals surface area contributed by atoms with E-state index in [0.29, 0.717) is 18.1 Å². The summed E-state index contributed by atoms with van der Waals surface area (Å²) in [7, 11) is 1.63. The van der Waals surface area contributed by atoms with Crippen molar-refractivity contribution in [1.29, 1.82) is 0 Å². The number of hydrogen-bond donors (Lipinski definition) is 0. The molecule has 6 heteroatoms. The number of rotatable bonds is 5. The molecule has 0 spiro atoms. The highest BCUT2D eigenvalue weighted by atomic mass is 16.5. The fourth-order valence-corrected chi connectivity index (χ4v) is 2.70. The van der Waals surface area contributed by atoms with Crippen LogP contribution < -0.4 is 10.4 Å². The second-order valence-electron chi connectivity index (χ2n) is 5.69. The highest BCUT2D eigenvalue weighted by molar-refractivity contribution is 5.46. The molecule has 0 N–H and O–H groups in total. The van der Waals surface area contributed by atoms with E-state index in [2.05, 4.69) is 5.10 Å². The van der Waals surface area contributed by atoms with E-state index in [1.807, 2.05) is 30.3 Å². The van der Waals surface area contributed by atoms with Crippen LogP contribution in [0.4, 0.5) is 0 Å². The number of nitrogens with zero attached hydrogens (tertiary/aromatic N) is 3. The molecule has 0 amide bonds. The van der Waals surface area contributed by atoms with Gasteiger partial charge in [-0.3, -0.25) is 4.57 Å². The molecule has 0 bridgehead atoms. The molecule has 0 aliphatic heterocycles. The van der Waals surface area contributed by atoms with Crippen LogP contribution in [0.3, 0.4) is 0 Å². The summed E-state index contributed by atoms with van der Waals surface area (Å²) in [6.07, 6.45) is 3.62. The Morgan fingerprint density at radius 1 is 1.30 bits per heavy atom. The van der Waals surface area contributed by atoms with E-state index in [1.165, 1.54) is 4.68 Å². The summed E-state index contributed by atoms with van der Waals surface area (Å²) in [5.74, 6) is 1.99. The van der Waals surface area contributed by atoms with Crippen molar-refractivity contribution in [2.45, 2.75) is 25.4 Å². The van der Waals surface area contributed by atoms with Crippen LogP contribution in [0.25, 0.3) is 11.6 Å². The van der Waals surface area contributed by atoms with Gasteiger partial charge in [0.05, 0.1) is 19.9 Å². The molecule has 23 heavy (non-hydrogen) atoms. The predicted octanol–water partition coefficient (Wildman–Crippen LogP) is 2.70. The fraction of sp³-hybridized carbons (Fsp3) is 0.294. The summed E-state index contributed by atoms with van der Waals surface area (Å²) in [5.41, 5.74) is 0.875. The maximum atomic E-state index is 12.7. The van der Waals surface area contributed by atoms with Crippen molar-refractivity contribution in [3.63, 3.8) is 0 Å². The average Bonchev–Trinajstić information content (AvgIpc) is 3.15. The van der Waals surface area contributed by atoms with Gasteiger partial charge in [-0.25, -0.2) is 9.48 Å². The number of methoxy groups -OCH3 is 1. The molecule has 0 unspecified atom stereocenters. The van der Waals surface area contributed by atoms with Gasteiger partial charge in [-0.2, -0.15) is 0 Å². The number of furan rings is 1. The van der Waals surface area contributed by atoms with Crippen molar-refractivity contribution in [1.82, 2.24) is 14.3 Å². The minimum atomic E-state index is -0.0956. The molecule has 1 saturated carbocycles. The number of aromatic nitrogens is 3. The minimum Gasteiger partial charge on any atom is -0.497 e. The third-order valence-corrected chi connectivity index (χ3v) is 3.99. The molecule has 2 heterocycles. The Labute approximate surface area is 132 Å². The van der Waals surface area contributed by atoms with Gasteiger partial charge >= 0.3 is 5.69 Å². The van der Waals surface area contributed by atoms with Crippen molar-refractivity contribution in [2.24, 2.45) is 0 Å². The van der Waals surface area contributed by atoms with Gasteiger partial charge in [0.15, 0.2) is 5.76 Å². The summed E-state index contributed by atoms with van der Waals surface area (Å²) in [6.45, 7) is 0.406. The van der Waals surface area contributed by atoms with Gasteiger partial charge in [-0.15, -0.1) is 5.10 Å². The lowest BCUT2D eigenvalue weighted by molar-refractivity contribution is 0.414. The Morgan fingerprint density at radius 3 is 2.87 bits per heavy atom. The first-order valence-corrected chi connectivity index (χ1v) is 7.62. The fourth-order valence-electron chi connectivity index (χ4n) is 2.70. The Bertz CT molecular complexity index is 873. The smallest absolute Gasteiger partial charge is 0.346 e. The zero-order valence-corrected chi connectivity index (χ0v) is 12.8. The van der Waals surface area contributed by atoms with Crippen LogP contribution in [0, 0.1) is 0 Å². The van der Waals surface area contributed by atoms with Crippen LogP contribution in [0.1, 0.15) is 24.4 Å². The Morgan fingerprint density at radius 2 is 2.17 bits per heavy atom. The molecular weight excluding hydrogens is 294 g/mol. The first-order chi connectivity index (χ1) is 11.3. The van der Waals surface area contributed by atoms with Crippen molar-refractivity contribution >= 4 is 0 Å². The molecule has 1 aromatic carbocycles. The van der Waals surface area contributed by atoms with Gasteiger partial charge in [0.1, 0.15) is 5.75 Å². The van der Waals surface area contributed by atoms with Crippen molar-refractivity contribution in [3.05, 3.63) is 58.7 Å². The van der Waals surface area contributed by atoms with E-state index < -0.39 is 0 Å². The third kappa shape index (κ3) is 2.56. The lowest BCUT2D eigenvalue weighted by Gasteiger charge is -2.03. The SMILES string of the molecule is COc1cccc(Cn2nc(-c3ccco3)n(C3CC3)c2=O)c1. The molecule has 3 aromatic rings. The first-order valence-electron chi connectivity index (χ1n) is 7.62. The first kappa shape index (κ1) is 13.9. The van der Waals surface area contributed by atoms with E-state index in [0.717, 1.165) is 24.2 Å². The van der Waals surface area contributed by atoms with E-state index in [4.69, 9.17) is 9.15 Å². The molecule has 0 radical (unpaired) electrons. The summed E-state index contributed by atoms with van der Waals surface area (Å²) in [6, 6.07) is 11.5. The predicted molar refractivity (Wildman–Crippen MR) is 84.6 cm³/mol. The zero-order chi connectivity index (χ0) is 15.8. The van der Waals surface area contributed by atoms with Gasteiger partial charge in [0.2, 0.25) is 5.82 Å². The Kier molecular flexibility index (Phi) is 3.29. The summed E-state index contributed by atoms with van der Waals surface area (Å²) in [5, 5.41) is 4.50. The van der Waals surface area contributed by atoms with Crippen molar-refractivity contribution in [3.8, 4) is 17.3 Å². The monoisotopic (exact) mass is 311 g/mol. The second-order valence-corrected chi connectivity index (χ2v) is 5.69. The molecule has 1 aliphatic rings. The number of ether oxygens (including phenoxy) is 1. The van der Waals surface area contributed by atoms with Crippen LogP contribution in [0.2, 0.25) is 0 Å². The zero-order valence-electron chi connectivity index (χ0n) is 12.8. The summed E-state index contributed by atoms with van der Waals surface area (Å²) >= 11 is 0. The van der Waals surface area contributed by atoms with Crippen LogP contribution in [0.5, 0.6) is 5.75 Å². The largest absolute Gasteiger partial charge is 0.497 e. The average molecular weight is 311 g/mol. The topological polar surface area (TPSA) is 62.2 Å². The van der Waals surface area contributed by atoms with Gasteiger partial charge in [0, 0.05) is 6.04 Å². The molecule has 118 valence electrons. The Hall–Kier alpha value is -2.76. The minimum absolute atomic E-state index is 0.0956. The van der Waals surface area contributed by atoms with Crippen molar-refractivity contribution < 1.29 is 9.15 Å². The molecule has 1 aliphatic carbocycles. The van der Waals surface area contributed by atoms with Crippen LogP contribution in [-0.2, 0) is 6.54 Å². The van der Waals surface area contributed by atoms with E-state index >= 15 is 0 Å². The number of hydrogen-bond acceptors (Lipinski definition) is 4. The molecule has 2 aromatic heterocycles. The molecule has 6 nitrogen and oxygen atoms in total. The Balaban J connectivity index is 1.74. The lowest BCUT2D eigenvalue weighted by atomic mass is 10.2. The molecule has 0 saturated heterocycles. The maximum absolute atomic E-state index is 12.7. The normalized spacial score (nSPS) is 14.1. The summed E-state index contributed by atoms with van der Waals surface area (Å²) in [4.78, 5) is 12.7. The maximum Gasteiger partial charge on any atom is 0.346 e. The van der Waals surface area contributed by atoms with Gasteiger partial charge in [-0.05, 0) is 42.7 Å². The van der Waals surface area contributed by atoms with Crippen LogP contribution in [0.15, 0.2) is 51.9 Å². The molecule has 1 fully saturated rings. The second kappa shape index (κ2) is 5.46. The summed E-state index contributed by atoms with van der Waals surface area (Å²) < 4.78 is 13.9. The van der Waals surface area contributed by atoms with Crippen LogP contribution >= 0.6 is 0 Å². The third-order valence-electron chi connectivity index (χ3n) is 3.99. The molecular formula is C17H17N3O3. The molecule has 0 atom stereocenters. The quantitative estimate of drug-likeness (QED) is 0.727. The number of benzene rings is 1. The standard InChI is InChI=1S/C17H17N3O3/c1-22-14-5-2-4-12(10-14)11-19-17(21)20(13-7-8-13)16(18-19)15-6-3-9-23-15/h2-6,9-10,13H,7-8,11H2,1H3. The van der Waals surface area contributed by atoms with Gasteiger partial charge in [0.25, 0.3) is 0 Å². The molecule has 4 rings (SSSR count). The lowest BCUT2D eigenvalue weighted by Crippen LogP contribution is -2.25. The van der Waals surface area contributed by atoms with Gasteiger partial charge < -0.3 is 9.15 Å². The van der Waals surface area contributed by atoms with Crippen LogP contribution in [-0.4, -0.2) is 21.5 Å². The van der Waals surface area contributed by atoms with E-state index in [1.54, 1.807) is 24.0 Å². The van der Waals surface area contributed by atoms with Gasteiger partial charge in [-0.1, -0.05) is 12.1 Å². The van der Waals surface area contributed by atoms with E-state index in [-0.39, 0.29) is 11.7 Å². The van der Waals surface area contributed by atoms with E-state index in [9.17, 15) is 4.79 Å². The highest BCUT2D eigenvalue weighted by Gasteiger charge is 2.31. The highest BCUT2D eigenvalue weighted by Crippen LogP contribution is 2.36. The van der Waals surface area contributed by atoms with Crippen molar-refractivity contribution in [2.75, 3.05) is 7.11 Å².